The summed E-state index contributed by atoms with van der Waals surface area (Å²) in [5.74, 6) is -3.95. The third kappa shape index (κ3) is 8.11. The van der Waals surface area contributed by atoms with Crippen LogP contribution in [-0.4, -0.2) is 49.9 Å². The van der Waals surface area contributed by atoms with Crippen LogP contribution >= 0.6 is 0 Å². The van der Waals surface area contributed by atoms with Crippen LogP contribution in [-0.2, 0) is 10.1 Å². The predicted molar refractivity (Wildman–Crippen MR) is 67.5 cm³/mol. The molecule has 19 heteroatoms. The van der Waals surface area contributed by atoms with Gasteiger partial charge in [-0.25, -0.2) is 17.2 Å². The molecule has 0 radical (unpaired) electrons. The van der Waals surface area contributed by atoms with E-state index in [-0.39, 0.29) is 63.5 Å². The van der Waals surface area contributed by atoms with E-state index in [0.29, 0.717) is 0 Å². The molecule has 1 aromatic carbocycles. The van der Waals surface area contributed by atoms with Crippen molar-refractivity contribution >= 4 is 10.1 Å². The molecular formula is C12H5F12KO5S. The van der Waals surface area contributed by atoms with Gasteiger partial charge in [-0.3, -0.25) is 0 Å². The third-order valence-electron chi connectivity index (χ3n) is 2.85. The van der Waals surface area contributed by atoms with Gasteiger partial charge in [-0.1, -0.05) is 0 Å². The number of alkyl halides is 12. The van der Waals surface area contributed by atoms with Gasteiger partial charge < -0.3 is 14.0 Å². The zero-order chi connectivity index (χ0) is 23.9. The van der Waals surface area contributed by atoms with E-state index < -0.39 is 69.5 Å². The van der Waals surface area contributed by atoms with Crippen molar-refractivity contribution in [1.82, 2.24) is 0 Å². The molecule has 0 N–H and O–H groups in total. The Hall–Kier alpha value is -0.474. The summed E-state index contributed by atoms with van der Waals surface area (Å²) in [6.45, 7) is 0. The molecule has 1 aromatic rings. The molecule has 5 nitrogen and oxygen atoms in total. The van der Waals surface area contributed by atoms with Crippen molar-refractivity contribution in [2.45, 2.75) is 41.8 Å². The van der Waals surface area contributed by atoms with Crippen LogP contribution in [0.15, 0.2) is 23.1 Å². The fraction of sp³-hybridized carbons (Fsp3) is 0.500. The second-order valence-corrected chi connectivity index (χ2v) is 6.55. The zero-order valence-corrected chi connectivity index (χ0v) is 18.3. The van der Waals surface area contributed by atoms with Crippen LogP contribution in [0.5, 0.6) is 11.5 Å². The predicted octanol–water partition coefficient (Wildman–Crippen LogP) is 1.34. The van der Waals surface area contributed by atoms with Gasteiger partial charge in [-0.15, -0.1) is 0 Å². The largest absolute Gasteiger partial charge is 1.00 e. The van der Waals surface area contributed by atoms with Gasteiger partial charge in [0.1, 0.15) is 21.6 Å². The van der Waals surface area contributed by atoms with E-state index in [0.717, 1.165) is 0 Å². The van der Waals surface area contributed by atoms with Crippen LogP contribution in [0.4, 0.5) is 52.7 Å². The van der Waals surface area contributed by atoms with Crippen molar-refractivity contribution in [3.63, 3.8) is 0 Å². The molecule has 2 atom stereocenters. The Bertz CT molecular complexity index is 870. The van der Waals surface area contributed by atoms with Gasteiger partial charge in [-0.05, 0) is 12.1 Å². The maximum atomic E-state index is 13.3. The van der Waals surface area contributed by atoms with E-state index in [1.54, 1.807) is 0 Å². The summed E-state index contributed by atoms with van der Waals surface area (Å²) in [5.41, 5.74) is 0. The Balaban J connectivity index is 0.00000900. The quantitative estimate of drug-likeness (QED) is 0.304. The van der Waals surface area contributed by atoms with E-state index in [9.17, 15) is 65.7 Å². The SMILES string of the molecule is O=S(=O)([O-])c1ccc(OC(F)(F)C(F)C(F)(F)F)cc1OC(F)(F)C(F)C(F)(F)F.[K+]. The second-order valence-electron chi connectivity index (χ2n) is 5.20. The summed E-state index contributed by atoms with van der Waals surface area (Å²) < 4.78 is 190. The fourth-order valence-corrected chi connectivity index (χ4v) is 2.21. The summed E-state index contributed by atoms with van der Waals surface area (Å²) in [7, 11) is -5.88. The fourth-order valence-electron chi connectivity index (χ4n) is 1.63. The van der Waals surface area contributed by atoms with Crippen molar-refractivity contribution in [2.24, 2.45) is 0 Å². The smallest absolute Gasteiger partial charge is 0.744 e. The molecule has 0 fully saturated rings. The molecule has 0 aromatic heterocycles. The number of hydrogen-bond donors (Lipinski definition) is 0. The van der Waals surface area contributed by atoms with Crippen molar-refractivity contribution in [3.05, 3.63) is 18.2 Å². The van der Waals surface area contributed by atoms with Crippen LogP contribution in [0.1, 0.15) is 0 Å². The van der Waals surface area contributed by atoms with E-state index in [1.807, 2.05) is 0 Å². The van der Waals surface area contributed by atoms with E-state index >= 15 is 0 Å². The van der Waals surface area contributed by atoms with E-state index in [1.165, 1.54) is 0 Å². The summed E-state index contributed by atoms with van der Waals surface area (Å²) >= 11 is 0. The van der Waals surface area contributed by atoms with E-state index in [2.05, 4.69) is 9.47 Å². The number of benzene rings is 1. The molecule has 31 heavy (non-hydrogen) atoms. The number of hydrogen-bond acceptors (Lipinski definition) is 5. The zero-order valence-electron chi connectivity index (χ0n) is 14.4. The molecule has 0 saturated carbocycles. The number of ether oxygens (including phenoxy) is 2. The minimum absolute atomic E-state index is 0. The van der Waals surface area contributed by atoms with Crippen molar-refractivity contribution in [3.8, 4) is 11.5 Å². The maximum absolute atomic E-state index is 13.3. The summed E-state index contributed by atoms with van der Waals surface area (Å²) in [6.07, 6.45) is -34.3. The average Bonchev–Trinajstić information content (AvgIpc) is 2.49. The molecule has 0 spiro atoms. The monoisotopic (exact) mass is 528 g/mol. The van der Waals surface area contributed by atoms with Gasteiger partial charge in [0, 0.05) is 6.07 Å². The summed E-state index contributed by atoms with van der Waals surface area (Å²) in [4.78, 5) is -1.94. The average molecular weight is 528 g/mol. The first-order chi connectivity index (χ1) is 13.1. The molecule has 1 rings (SSSR count). The van der Waals surface area contributed by atoms with Gasteiger partial charge in [0.15, 0.2) is 0 Å². The van der Waals surface area contributed by atoms with Crippen LogP contribution in [0, 0.1) is 0 Å². The van der Waals surface area contributed by atoms with Gasteiger partial charge in [0.05, 0.1) is 4.90 Å². The molecule has 0 aliphatic rings. The molecule has 174 valence electrons. The van der Waals surface area contributed by atoms with Crippen LogP contribution in [0.3, 0.4) is 0 Å². The molecule has 0 amide bonds. The van der Waals surface area contributed by atoms with Crippen molar-refractivity contribution < 1.29 is 127 Å². The minimum Gasteiger partial charge on any atom is -0.744 e. The molecule has 0 aliphatic heterocycles. The van der Waals surface area contributed by atoms with Crippen LogP contribution in [0.2, 0.25) is 0 Å². The second kappa shape index (κ2) is 9.80. The molecule has 0 bridgehead atoms. The van der Waals surface area contributed by atoms with E-state index in [4.69, 9.17) is 0 Å². The summed E-state index contributed by atoms with van der Waals surface area (Å²) in [6, 6.07) is -0.747. The molecule has 2 unspecified atom stereocenters. The summed E-state index contributed by atoms with van der Waals surface area (Å²) in [5, 5.41) is 0. The molecule has 0 heterocycles. The molecule has 0 aliphatic carbocycles. The number of rotatable bonds is 7. The first-order valence-corrected chi connectivity index (χ1v) is 8.15. The Labute approximate surface area is 206 Å². The first kappa shape index (κ1) is 30.5. The Morgan fingerprint density at radius 1 is 0.774 bits per heavy atom. The normalized spacial score (nSPS) is 15.6. The van der Waals surface area contributed by atoms with Crippen LogP contribution in [0.25, 0.3) is 0 Å². The maximum Gasteiger partial charge on any atom is 1.00 e. The Morgan fingerprint density at radius 2 is 1.16 bits per heavy atom. The van der Waals surface area contributed by atoms with Crippen molar-refractivity contribution in [2.75, 3.05) is 0 Å². The molecular weight excluding hydrogens is 523 g/mol. The van der Waals surface area contributed by atoms with Crippen molar-refractivity contribution in [1.29, 1.82) is 0 Å². The Morgan fingerprint density at radius 3 is 1.52 bits per heavy atom. The van der Waals surface area contributed by atoms with Gasteiger partial charge in [-0.2, -0.15) is 43.9 Å². The van der Waals surface area contributed by atoms with Gasteiger partial charge in [0.25, 0.3) is 12.3 Å². The topological polar surface area (TPSA) is 75.7 Å². The Kier molecular flexibility index (Phi) is 9.65. The number of halogens is 12. The van der Waals surface area contributed by atoms with Gasteiger partial charge in [0.2, 0.25) is 0 Å². The third-order valence-corrected chi connectivity index (χ3v) is 3.73. The molecule has 0 saturated heterocycles. The van der Waals surface area contributed by atoms with Crippen LogP contribution < -0.4 is 60.9 Å². The standard InChI is InChI=1S/C12H6F12O5S.K/c13-7(9(15,16)17)11(21,22)28-4-1-2-6(30(25,26)27)5(3-4)29-12(23,24)8(14)10(18,19)20;/h1-3,7-8H,(H,25,26,27);/q;+1/p-1. The minimum atomic E-state index is -6.28. The first-order valence-electron chi connectivity index (χ1n) is 6.74. The van der Waals surface area contributed by atoms with Gasteiger partial charge >= 0.3 is 76.0 Å².